The number of hydrogen-bond acceptors (Lipinski definition) is 2. The van der Waals surface area contributed by atoms with Crippen LogP contribution in [0.4, 0.5) is 0 Å². The zero-order chi connectivity index (χ0) is 14.2. The van der Waals surface area contributed by atoms with Gasteiger partial charge in [0.2, 0.25) is 0 Å². The smallest absolute Gasteiger partial charge is 0.0746 e. The van der Waals surface area contributed by atoms with E-state index in [-0.39, 0.29) is 6.10 Å². The minimum absolute atomic E-state index is 0.215. The Hall–Kier alpha value is -1.64. The fraction of sp³-hybridized carbons (Fsp3) is 0.333. The Morgan fingerprint density at radius 3 is 1.95 bits per heavy atom. The minimum atomic E-state index is 0.215. The third-order valence-corrected chi connectivity index (χ3v) is 3.20. The monoisotopic (exact) mass is 269 g/mol. The van der Waals surface area contributed by atoms with Gasteiger partial charge >= 0.3 is 0 Å². The van der Waals surface area contributed by atoms with Crippen LogP contribution in [0.15, 0.2) is 60.7 Å². The number of rotatable bonds is 7. The van der Waals surface area contributed by atoms with Crippen LogP contribution in [0.25, 0.3) is 0 Å². The fourth-order valence-corrected chi connectivity index (χ4v) is 2.25. The molecule has 0 amide bonds. The average molecular weight is 269 g/mol. The second-order valence-corrected chi connectivity index (χ2v) is 5.37. The third-order valence-electron chi connectivity index (χ3n) is 3.20. The van der Waals surface area contributed by atoms with Crippen LogP contribution in [0.5, 0.6) is 0 Å². The maximum Gasteiger partial charge on any atom is 0.0746 e. The number of hydrogen-bond donors (Lipinski definition) is 0. The van der Waals surface area contributed by atoms with E-state index in [1.165, 1.54) is 11.1 Å². The molecule has 106 valence electrons. The second-order valence-electron chi connectivity index (χ2n) is 5.37. The lowest BCUT2D eigenvalue weighted by Crippen LogP contribution is -2.30. The van der Waals surface area contributed by atoms with Crippen LogP contribution >= 0.6 is 0 Å². The second kappa shape index (κ2) is 7.83. The van der Waals surface area contributed by atoms with Crippen molar-refractivity contribution in [1.29, 1.82) is 0 Å². The SMILES string of the molecule is CN(C)C[C@H](Cc1ccccc1)OCc1ccccc1. The van der Waals surface area contributed by atoms with Crippen LogP contribution in [0.2, 0.25) is 0 Å². The van der Waals surface area contributed by atoms with Gasteiger partial charge < -0.3 is 9.64 Å². The molecule has 20 heavy (non-hydrogen) atoms. The van der Waals surface area contributed by atoms with E-state index in [1.807, 2.05) is 6.07 Å². The minimum Gasteiger partial charge on any atom is -0.372 e. The lowest BCUT2D eigenvalue weighted by Gasteiger charge is -2.22. The van der Waals surface area contributed by atoms with Gasteiger partial charge in [0.05, 0.1) is 12.7 Å². The molecule has 1 atom stereocenters. The number of likely N-dealkylation sites (N-methyl/N-ethyl adjacent to an activating group) is 1. The predicted molar refractivity (Wildman–Crippen MR) is 83.7 cm³/mol. The largest absolute Gasteiger partial charge is 0.372 e. The summed E-state index contributed by atoms with van der Waals surface area (Å²) in [5.41, 5.74) is 2.55. The van der Waals surface area contributed by atoms with E-state index < -0.39 is 0 Å². The molecule has 0 radical (unpaired) electrons. The van der Waals surface area contributed by atoms with Crippen molar-refractivity contribution in [3.8, 4) is 0 Å². The third kappa shape index (κ3) is 5.16. The average Bonchev–Trinajstić information content (AvgIpc) is 2.46. The quantitative estimate of drug-likeness (QED) is 0.764. The Morgan fingerprint density at radius 2 is 1.40 bits per heavy atom. The van der Waals surface area contributed by atoms with Gasteiger partial charge in [-0.1, -0.05) is 60.7 Å². The van der Waals surface area contributed by atoms with E-state index in [1.54, 1.807) is 0 Å². The van der Waals surface area contributed by atoms with Gasteiger partial charge in [-0.15, -0.1) is 0 Å². The van der Waals surface area contributed by atoms with Gasteiger partial charge in [-0.3, -0.25) is 0 Å². The van der Waals surface area contributed by atoms with Gasteiger partial charge in [0.15, 0.2) is 0 Å². The molecule has 0 saturated carbocycles. The summed E-state index contributed by atoms with van der Waals surface area (Å²) in [6.45, 7) is 1.61. The van der Waals surface area contributed by atoms with Crippen molar-refractivity contribution in [3.05, 3.63) is 71.8 Å². The highest BCUT2D eigenvalue weighted by Crippen LogP contribution is 2.10. The van der Waals surface area contributed by atoms with Crippen LogP contribution in [-0.2, 0) is 17.8 Å². The summed E-state index contributed by atoms with van der Waals surface area (Å²) in [4.78, 5) is 2.18. The summed E-state index contributed by atoms with van der Waals surface area (Å²) in [6, 6.07) is 20.9. The highest BCUT2D eigenvalue weighted by molar-refractivity contribution is 5.16. The normalized spacial score (nSPS) is 12.6. The Kier molecular flexibility index (Phi) is 5.78. The van der Waals surface area contributed by atoms with Crippen molar-refractivity contribution < 1.29 is 4.74 Å². The highest BCUT2D eigenvalue weighted by Gasteiger charge is 2.11. The van der Waals surface area contributed by atoms with Crippen molar-refractivity contribution in [2.24, 2.45) is 0 Å². The summed E-state index contributed by atoms with van der Waals surface area (Å²) in [5.74, 6) is 0. The van der Waals surface area contributed by atoms with Gasteiger partial charge in [0.25, 0.3) is 0 Å². The molecule has 0 bridgehead atoms. The number of ether oxygens (including phenoxy) is 1. The molecule has 0 unspecified atom stereocenters. The Morgan fingerprint density at radius 1 is 0.850 bits per heavy atom. The Bertz CT molecular complexity index is 481. The molecule has 0 aliphatic carbocycles. The van der Waals surface area contributed by atoms with Crippen LogP contribution in [0.1, 0.15) is 11.1 Å². The van der Waals surface area contributed by atoms with Crippen molar-refractivity contribution in [2.45, 2.75) is 19.1 Å². The highest BCUT2D eigenvalue weighted by atomic mass is 16.5. The van der Waals surface area contributed by atoms with Crippen molar-refractivity contribution in [3.63, 3.8) is 0 Å². The molecule has 0 heterocycles. The topological polar surface area (TPSA) is 12.5 Å². The number of nitrogens with zero attached hydrogens (tertiary/aromatic N) is 1. The molecule has 2 rings (SSSR count). The van der Waals surface area contributed by atoms with Crippen LogP contribution in [-0.4, -0.2) is 31.6 Å². The van der Waals surface area contributed by atoms with Crippen molar-refractivity contribution in [1.82, 2.24) is 4.90 Å². The number of benzene rings is 2. The van der Waals surface area contributed by atoms with Crippen molar-refractivity contribution in [2.75, 3.05) is 20.6 Å². The first-order chi connectivity index (χ1) is 9.74. The zero-order valence-corrected chi connectivity index (χ0v) is 12.3. The molecule has 0 N–H and O–H groups in total. The van der Waals surface area contributed by atoms with Gasteiger partial charge in [0, 0.05) is 6.54 Å². The lowest BCUT2D eigenvalue weighted by atomic mass is 10.1. The molecule has 2 nitrogen and oxygen atoms in total. The maximum atomic E-state index is 6.10. The summed E-state index contributed by atoms with van der Waals surface area (Å²) in [6.07, 6.45) is 1.17. The van der Waals surface area contributed by atoms with Gasteiger partial charge in [0.1, 0.15) is 0 Å². The van der Waals surface area contributed by atoms with Crippen molar-refractivity contribution >= 4 is 0 Å². The molecular formula is C18H23NO. The molecule has 2 heteroatoms. The molecular weight excluding hydrogens is 246 g/mol. The van der Waals surface area contributed by atoms with Gasteiger partial charge in [-0.2, -0.15) is 0 Å². The summed E-state index contributed by atoms with van der Waals surface area (Å²) in [7, 11) is 4.17. The summed E-state index contributed by atoms with van der Waals surface area (Å²) < 4.78 is 6.10. The van der Waals surface area contributed by atoms with E-state index in [0.717, 1.165) is 13.0 Å². The van der Waals surface area contributed by atoms with Gasteiger partial charge in [-0.05, 0) is 31.6 Å². The van der Waals surface area contributed by atoms with Crippen LogP contribution < -0.4 is 0 Å². The standard InChI is InChI=1S/C18H23NO/c1-19(2)14-18(13-16-9-5-3-6-10-16)20-15-17-11-7-4-8-12-17/h3-12,18H,13-15H2,1-2H3/t18-/m0/s1. The van der Waals surface area contributed by atoms with E-state index in [2.05, 4.69) is 73.6 Å². The van der Waals surface area contributed by atoms with E-state index in [9.17, 15) is 0 Å². The predicted octanol–water partition coefficient (Wildman–Crippen LogP) is 3.38. The molecule has 0 fully saturated rings. The first kappa shape index (κ1) is 14.8. The first-order valence-electron chi connectivity index (χ1n) is 7.08. The first-order valence-corrected chi connectivity index (χ1v) is 7.08. The van der Waals surface area contributed by atoms with E-state index in [0.29, 0.717) is 6.61 Å². The van der Waals surface area contributed by atoms with Gasteiger partial charge in [-0.25, -0.2) is 0 Å². The molecule has 0 aromatic heterocycles. The molecule has 2 aromatic rings. The summed E-state index contributed by atoms with van der Waals surface area (Å²) in [5, 5.41) is 0. The van der Waals surface area contributed by atoms with E-state index >= 15 is 0 Å². The van der Waals surface area contributed by atoms with Crippen LogP contribution in [0.3, 0.4) is 0 Å². The lowest BCUT2D eigenvalue weighted by molar-refractivity contribution is 0.0246. The Labute approximate surface area is 122 Å². The Balaban J connectivity index is 1.93. The van der Waals surface area contributed by atoms with E-state index in [4.69, 9.17) is 4.74 Å². The molecule has 0 spiro atoms. The van der Waals surface area contributed by atoms with Crippen LogP contribution in [0, 0.1) is 0 Å². The summed E-state index contributed by atoms with van der Waals surface area (Å²) >= 11 is 0. The molecule has 0 saturated heterocycles. The molecule has 2 aromatic carbocycles. The molecule has 0 aliphatic rings. The zero-order valence-electron chi connectivity index (χ0n) is 12.3. The fourth-order valence-electron chi connectivity index (χ4n) is 2.25. The molecule has 0 aliphatic heterocycles. The maximum absolute atomic E-state index is 6.10.